The Hall–Kier alpha value is -2.51. The molecule has 0 aliphatic heterocycles. The molecule has 2 aromatic carbocycles. The van der Waals surface area contributed by atoms with Crippen molar-refractivity contribution in [2.24, 2.45) is 0 Å². The van der Waals surface area contributed by atoms with E-state index in [9.17, 15) is 30.7 Å². The minimum Gasteiger partial charge on any atom is -0.365 e. The van der Waals surface area contributed by atoms with Gasteiger partial charge in [-0.15, -0.1) is 0 Å². The minimum atomic E-state index is -4.79. The number of carbonyl (C=O) groups is 1. The van der Waals surface area contributed by atoms with Gasteiger partial charge in [-0.1, -0.05) is 12.1 Å². The average Bonchev–Trinajstić information content (AvgIpc) is 2.58. The van der Waals surface area contributed by atoms with E-state index in [1.807, 2.05) is 0 Å². The van der Waals surface area contributed by atoms with Gasteiger partial charge in [0.05, 0.1) is 0 Å². The molecule has 2 rings (SSSR count). The predicted octanol–water partition coefficient (Wildman–Crippen LogP) is 1.82. The lowest BCUT2D eigenvalue weighted by molar-refractivity contribution is -0.114. The Labute approximate surface area is 162 Å². The van der Waals surface area contributed by atoms with Crippen molar-refractivity contribution in [3.63, 3.8) is 0 Å². The molecule has 0 saturated heterocycles. The highest BCUT2D eigenvalue weighted by atomic mass is 32.2. The monoisotopic (exact) mass is 430 g/mol. The Morgan fingerprint density at radius 3 is 1.82 bits per heavy atom. The fraction of sp³-hybridized carbons (Fsp3) is 0.188. The van der Waals surface area contributed by atoms with E-state index in [0.717, 1.165) is 12.1 Å². The third-order valence-corrected chi connectivity index (χ3v) is 5.34. The average molecular weight is 430 g/mol. The third-order valence-electron chi connectivity index (χ3n) is 3.55. The lowest BCUT2D eigenvalue weighted by Crippen LogP contribution is -2.09. The summed E-state index contributed by atoms with van der Waals surface area (Å²) in [6.45, 7) is 1.27. The van der Waals surface area contributed by atoms with Gasteiger partial charge in [0.25, 0.3) is 20.2 Å². The fourth-order valence-electron chi connectivity index (χ4n) is 2.46. The van der Waals surface area contributed by atoms with Gasteiger partial charge in [0.15, 0.2) is 0 Å². The molecule has 0 heterocycles. The molecule has 28 heavy (non-hydrogen) atoms. The molecule has 4 N–H and O–H groups in total. The summed E-state index contributed by atoms with van der Waals surface area (Å²) in [6, 6.07) is 7.33. The van der Waals surface area contributed by atoms with Gasteiger partial charge in [-0.3, -0.25) is 13.9 Å². The second-order valence-corrected chi connectivity index (χ2v) is 8.44. The van der Waals surface area contributed by atoms with E-state index in [1.54, 1.807) is 0 Å². The zero-order valence-electron chi connectivity index (χ0n) is 14.8. The summed E-state index contributed by atoms with van der Waals surface area (Å²) in [6.07, 6.45) is 0. The lowest BCUT2D eigenvalue weighted by Gasteiger charge is -2.14. The van der Waals surface area contributed by atoms with Crippen molar-refractivity contribution in [3.05, 3.63) is 36.4 Å². The first-order valence-electron chi connectivity index (χ1n) is 7.67. The van der Waals surface area contributed by atoms with E-state index in [-0.39, 0.29) is 23.5 Å². The van der Waals surface area contributed by atoms with Crippen molar-refractivity contribution in [3.8, 4) is 11.1 Å². The van der Waals surface area contributed by atoms with Crippen LogP contribution in [0.3, 0.4) is 0 Å². The highest BCUT2D eigenvalue weighted by Crippen LogP contribution is 2.35. The van der Waals surface area contributed by atoms with Crippen LogP contribution >= 0.6 is 0 Å². The first-order valence-corrected chi connectivity index (χ1v) is 10.6. The standard InChI is InChI=1S/C16H18N2O8S2/c1-10(19)18-12-4-6-14(16(8-12)28(23,24)25)13-5-3-11(17-9-26-2)7-15(13)27(20,21)22/h3-8,17H,9H2,1-2H3,(H,18,19)(H,20,21,22)(H,23,24,25). The van der Waals surface area contributed by atoms with E-state index in [0.29, 0.717) is 5.69 Å². The van der Waals surface area contributed by atoms with Gasteiger partial charge < -0.3 is 15.4 Å². The van der Waals surface area contributed by atoms with Gasteiger partial charge in [-0.25, -0.2) is 0 Å². The molecule has 10 nitrogen and oxygen atoms in total. The zero-order chi connectivity index (χ0) is 21.1. The van der Waals surface area contributed by atoms with Gasteiger partial charge >= 0.3 is 0 Å². The molecule has 0 aromatic heterocycles. The number of methoxy groups -OCH3 is 1. The van der Waals surface area contributed by atoms with Crippen molar-refractivity contribution in [1.82, 2.24) is 0 Å². The number of hydrogen-bond acceptors (Lipinski definition) is 7. The van der Waals surface area contributed by atoms with Crippen LogP contribution in [0.1, 0.15) is 6.92 Å². The van der Waals surface area contributed by atoms with Gasteiger partial charge in [-0.05, 0) is 24.3 Å². The van der Waals surface area contributed by atoms with E-state index in [1.165, 1.54) is 38.3 Å². The molecule has 0 saturated carbocycles. The Morgan fingerprint density at radius 1 is 0.929 bits per heavy atom. The second kappa shape index (κ2) is 8.24. The maximum atomic E-state index is 11.9. The lowest BCUT2D eigenvalue weighted by atomic mass is 10.0. The maximum Gasteiger partial charge on any atom is 0.295 e. The molecule has 12 heteroatoms. The molecular formula is C16H18N2O8S2. The van der Waals surface area contributed by atoms with Crippen molar-refractivity contribution in [2.75, 3.05) is 24.5 Å². The normalized spacial score (nSPS) is 11.9. The van der Waals surface area contributed by atoms with E-state index in [4.69, 9.17) is 4.74 Å². The molecule has 0 atom stereocenters. The van der Waals surface area contributed by atoms with Gasteiger partial charge in [0.2, 0.25) is 5.91 Å². The van der Waals surface area contributed by atoms with Crippen LogP contribution in [0.25, 0.3) is 11.1 Å². The Morgan fingerprint density at radius 2 is 1.39 bits per heavy atom. The summed E-state index contributed by atoms with van der Waals surface area (Å²) in [4.78, 5) is 9.97. The predicted molar refractivity (Wildman–Crippen MR) is 101 cm³/mol. The van der Waals surface area contributed by atoms with Crippen molar-refractivity contribution >= 4 is 37.5 Å². The third kappa shape index (κ3) is 5.27. The summed E-state index contributed by atoms with van der Waals surface area (Å²) in [5.74, 6) is -0.471. The van der Waals surface area contributed by atoms with E-state index < -0.39 is 35.9 Å². The van der Waals surface area contributed by atoms with Crippen LogP contribution in [-0.2, 0) is 29.8 Å². The smallest absolute Gasteiger partial charge is 0.295 e. The number of ether oxygens (including phenoxy) is 1. The molecule has 152 valence electrons. The van der Waals surface area contributed by atoms with Crippen molar-refractivity contribution < 1.29 is 35.5 Å². The van der Waals surface area contributed by atoms with Crippen molar-refractivity contribution in [1.29, 1.82) is 0 Å². The molecule has 0 aliphatic rings. The molecule has 0 fully saturated rings. The largest absolute Gasteiger partial charge is 0.365 e. The minimum absolute atomic E-state index is 0.0615. The van der Waals surface area contributed by atoms with Crippen molar-refractivity contribution in [2.45, 2.75) is 16.7 Å². The molecule has 0 aliphatic carbocycles. The molecule has 0 spiro atoms. The fourth-order valence-corrected chi connectivity index (χ4v) is 3.93. The number of benzene rings is 2. The number of rotatable bonds is 7. The van der Waals surface area contributed by atoms with Gasteiger partial charge in [-0.2, -0.15) is 16.8 Å². The topological polar surface area (TPSA) is 159 Å². The first-order chi connectivity index (χ1) is 12.9. The number of nitrogens with one attached hydrogen (secondary N) is 2. The highest BCUT2D eigenvalue weighted by molar-refractivity contribution is 7.86. The number of amides is 1. The SMILES string of the molecule is COCNc1ccc(-c2ccc(NC(C)=O)cc2S(=O)(=O)O)c(S(=O)(=O)O)c1. The zero-order valence-corrected chi connectivity index (χ0v) is 16.5. The summed E-state index contributed by atoms with van der Waals surface area (Å²) in [5.41, 5.74) is 0.0344. The summed E-state index contributed by atoms with van der Waals surface area (Å²) < 4.78 is 71.4. The number of carbonyl (C=O) groups excluding carboxylic acids is 1. The first kappa shape index (κ1) is 21.8. The highest BCUT2D eigenvalue weighted by Gasteiger charge is 2.24. The van der Waals surface area contributed by atoms with E-state index >= 15 is 0 Å². The van der Waals surface area contributed by atoms with Crippen LogP contribution < -0.4 is 10.6 Å². The summed E-state index contributed by atoms with van der Waals surface area (Å²) in [7, 11) is -8.12. The molecule has 0 bridgehead atoms. The maximum absolute atomic E-state index is 11.9. The quantitative estimate of drug-likeness (QED) is 0.379. The van der Waals surface area contributed by atoms with Crippen LogP contribution in [0.5, 0.6) is 0 Å². The van der Waals surface area contributed by atoms with Crippen LogP contribution in [0, 0.1) is 0 Å². The molecular weight excluding hydrogens is 412 g/mol. The second-order valence-electron chi connectivity index (χ2n) is 5.66. The Balaban J connectivity index is 2.74. The molecule has 1 amide bonds. The summed E-state index contributed by atoms with van der Waals surface area (Å²) >= 11 is 0. The number of anilines is 2. The van der Waals surface area contributed by atoms with Crippen LogP contribution in [-0.4, -0.2) is 45.7 Å². The van der Waals surface area contributed by atoms with Gasteiger partial charge in [0.1, 0.15) is 16.5 Å². The Bertz CT molecular complexity index is 1110. The van der Waals surface area contributed by atoms with Gasteiger partial charge in [0, 0.05) is 36.5 Å². The molecule has 0 unspecified atom stereocenters. The number of hydrogen-bond donors (Lipinski definition) is 4. The Kier molecular flexibility index (Phi) is 6.41. The van der Waals surface area contributed by atoms with Crippen LogP contribution in [0.4, 0.5) is 11.4 Å². The molecule has 0 radical (unpaired) electrons. The summed E-state index contributed by atoms with van der Waals surface area (Å²) in [5, 5.41) is 5.12. The van der Waals surface area contributed by atoms with Crippen LogP contribution in [0.15, 0.2) is 46.2 Å². The van der Waals surface area contributed by atoms with E-state index in [2.05, 4.69) is 10.6 Å². The molecule has 2 aromatic rings. The van der Waals surface area contributed by atoms with Crippen LogP contribution in [0.2, 0.25) is 0 Å².